The van der Waals surface area contributed by atoms with Gasteiger partial charge in [-0.1, -0.05) is 0 Å². The van der Waals surface area contributed by atoms with Gasteiger partial charge in [0, 0.05) is 11.8 Å². The van der Waals surface area contributed by atoms with Crippen LogP contribution in [0.2, 0.25) is 0 Å². The Morgan fingerprint density at radius 3 is 2.41 bits per heavy atom. The molecular weight excluding hydrogens is 372 g/mol. The lowest BCUT2D eigenvalue weighted by Crippen LogP contribution is -2.37. The van der Waals surface area contributed by atoms with Crippen LogP contribution in [0.3, 0.4) is 0 Å². The molecule has 1 N–H and O–H groups in total. The number of fused-ring (bicyclic) bond motifs is 1. The van der Waals surface area contributed by atoms with Crippen LogP contribution in [-0.2, 0) is 14.8 Å². The van der Waals surface area contributed by atoms with E-state index in [9.17, 15) is 13.2 Å². The summed E-state index contributed by atoms with van der Waals surface area (Å²) in [5.74, 6) is 1.17. The predicted octanol–water partition coefficient (Wildman–Crippen LogP) is 1.87. The van der Waals surface area contributed by atoms with Crippen molar-refractivity contribution in [1.82, 2.24) is 0 Å². The molecule has 0 saturated heterocycles. The fraction of sp³-hybridized carbons (Fsp3) is 0.278. The molecule has 0 spiro atoms. The van der Waals surface area contributed by atoms with E-state index in [0.29, 0.717) is 41.8 Å². The number of anilines is 2. The minimum atomic E-state index is -3.69. The molecule has 9 heteroatoms. The Balaban J connectivity index is 1.78. The second kappa shape index (κ2) is 7.75. The van der Waals surface area contributed by atoms with E-state index < -0.39 is 15.9 Å². The smallest absolute Gasteiger partial charge is 0.245 e. The molecule has 0 radical (unpaired) electrons. The number of benzene rings is 2. The first-order valence-corrected chi connectivity index (χ1v) is 10.0. The van der Waals surface area contributed by atoms with E-state index >= 15 is 0 Å². The van der Waals surface area contributed by atoms with Gasteiger partial charge in [0.05, 0.1) is 19.1 Å². The zero-order valence-electron chi connectivity index (χ0n) is 15.0. The van der Waals surface area contributed by atoms with Gasteiger partial charge in [-0.25, -0.2) is 8.42 Å². The summed E-state index contributed by atoms with van der Waals surface area (Å²) in [6.07, 6.45) is 1.05. The normalized spacial score (nSPS) is 13.0. The van der Waals surface area contributed by atoms with Gasteiger partial charge < -0.3 is 19.5 Å². The summed E-state index contributed by atoms with van der Waals surface area (Å²) < 4.78 is 41.5. The SMILES string of the molecule is COc1ccc(NC(=O)CN(c2ccc3c(c2)OCCO3)S(C)(=O)=O)cc1. The summed E-state index contributed by atoms with van der Waals surface area (Å²) in [6.45, 7) is 0.449. The summed E-state index contributed by atoms with van der Waals surface area (Å²) in [6, 6.07) is 11.5. The van der Waals surface area contributed by atoms with E-state index in [4.69, 9.17) is 14.2 Å². The largest absolute Gasteiger partial charge is 0.497 e. The van der Waals surface area contributed by atoms with Gasteiger partial charge in [-0.3, -0.25) is 9.10 Å². The number of hydrogen-bond donors (Lipinski definition) is 1. The quantitative estimate of drug-likeness (QED) is 0.807. The molecule has 0 aromatic heterocycles. The van der Waals surface area contributed by atoms with Crippen LogP contribution in [0.1, 0.15) is 0 Å². The number of amides is 1. The van der Waals surface area contributed by atoms with E-state index in [2.05, 4.69) is 5.32 Å². The highest BCUT2D eigenvalue weighted by atomic mass is 32.2. The molecule has 0 fully saturated rings. The van der Waals surface area contributed by atoms with Crippen molar-refractivity contribution < 1.29 is 27.4 Å². The Morgan fingerprint density at radius 1 is 1.11 bits per heavy atom. The molecule has 0 aliphatic carbocycles. The Labute approximate surface area is 157 Å². The second-order valence-corrected chi connectivity index (χ2v) is 7.78. The molecule has 144 valence electrons. The number of carbonyl (C=O) groups is 1. The van der Waals surface area contributed by atoms with Crippen LogP contribution < -0.4 is 23.8 Å². The molecule has 0 atom stereocenters. The van der Waals surface area contributed by atoms with Gasteiger partial charge in [0.25, 0.3) is 0 Å². The molecule has 27 heavy (non-hydrogen) atoms. The minimum absolute atomic E-state index is 0.326. The summed E-state index contributed by atoms with van der Waals surface area (Å²) in [4.78, 5) is 12.4. The summed E-state index contributed by atoms with van der Waals surface area (Å²) in [5.41, 5.74) is 0.864. The first-order valence-electron chi connectivity index (χ1n) is 8.18. The van der Waals surface area contributed by atoms with Gasteiger partial charge in [-0.05, 0) is 36.4 Å². The maximum atomic E-state index is 12.4. The van der Waals surface area contributed by atoms with Crippen LogP contribution in [0.15, 0.2) is 42.5 Å². The molecule has 0 saturated carbocycles. The molecule has 2 aromatic rings. The minimum Gasteiger partial charge on any atom is -0.497 e. The highest BCUT2D eigenvalue weighted by Gasteiger charge is 2.23. The van der Waals surface area contributed by atoms with Crippen LogP contribution in [0, 0.1) is 0 Å². The zero-order valence-corrected chi connectivity index (χ0v) is 15.8. The van der Waals surface area contributed by atoms with Crippen LogP contribution in [0.5, 0.6) is 17.2 Å². The molecule has 1 aliphatic rings. The molecule has 0 bridgehead atoms. The predicted molar refractivity (Wildman–Crippen MR) is 101 cm³/mol. The van der Waals surface area contributed by atoms with Crippen LogP contribution in [0.4, 0.5) is 11.4 Å². The molecule has 2 aromatic carbocycles. The topological polar surface area (TPSA) is 94.2 Å². The fourth-order valence-electron chi connectivity index (χ4n) is 2.59. The van der Waals surface area contributed by atoms with Gasteiger partial charge in [0.1, 0.15) is 25.5 Å². The lowest BCUT2D eigenvalue weighted by Gasteiger charge is -2.24. The average Bonchev–Trinajstić information content (AvgIpc) is 2.65. The molecule has 1 amide bonds. The number of carbonyl (C=O) groups excluding carboxylic acids is 1. The van der Waals surface area contributed by atoms with E-state index in [0.717, 1.165) is 10.6 Å². The lowest BCUT2D eigenvalue weighted by molar-refractivity contribution is -0.114. The maximum absolute atomic E-state index is 12.4. The third kappa shape index (κ3) is 4.62. The van der Waals surface area contributed by atoms with E-state index in [1.807, 2.05) is 0 Å². The number of nitrogens with one attached hydrogen (secondary N) is 1. The third-order valence-corrected chi connectivity index (χ3v) is 5.02. The average molecular weight is 392 g/mol. The van der Waals surface area contributed by atoms with Crippen molar-refractivity contribution in [2.45, 2.75) is 0 Å². The van der Waals surface area contributed by atoms with E-state index in [-0.39, 0.29) is 6.54 Å². The Hall–Kier alpha value is -2.94. The number of ether oxygens (including phenoxy) is 3. The number of nitrogens with zero attached hydrogens (tertiary/aromatic N) is 1. The van der Waals surface area contributed by atoms with Crippen molar-refractivity contribution in [3.8, 4) is 17.2 Å². The Morgan fingerprint density at radius 2 is 1.78 bits per heavy atom. The van der Waals surface area contributed by atoms with Crippen molar-refractivity contribution >= 4 is 27.3 Å². The van der Waals surface area contributed by atoms with E-state index in [1.54, 1.807) is 49.6 Å². The van der Waals surface area contributed by atoms with Crippen molar-refractivity contribution in [1.29, 1.82) is 0 Å². The van der Waals surface area contributed by atoms with Gasteiger partial charge in [0.15, 0.2) is 11.5 Å². The molecule has 1 heterocycles. The second-order valence-electron chi connectivity index (χ2n) is 5.87. The number of sulfonamides is 1. The standard InChI is InChI=1S/C18H20N2O6S/c1-24-15-6-3-13(4-7-15)19-18(21)12-20(27(2,22)23)14-5-8-16-17(11-14)26-10-9-25-16/h3-8,11H,9-10,12H2,1-2H3,(H,19,21). The molecule has 8 nitrogen and oxygen atoms in total. The zero-order chi connectivity index (χ0) is 19.4. The van der Waals surface area contributed by atoms with Crippen molar-refractivity contribution in [2.75, 3.05) is 42.7 Å². The molecule has 0 unspecified atom stereocenters. The molecule has 3 rings (SSSR count). The maximum Gasteiger partial charge on any atom is 0.245 e. The third-order valence-electron chi connectivity index (χ3n) is 3.88. The fourth-order valence-corrected chi connectivity index (χ4v) is 3.44. The molecule has 1 aliphatic heterocycles. The number of methoxy groups -OCH3 is 1. The van der Waals surface area contributed by atoms with Crippen LogP contribution in [0.25, 0.3) is 0 Å². The lowest BCUT2D eigenvalue weighted by atomic mass is 10.2. The monoisotopic (exact) mass is 392 g/mol. The van der Waals surface area contributed by atoms with Crippen molar-refractivity contribution in [2.24, 2.45) is 0 Å². The van der Waals surface area contributed by atoms with Crippen LogP contribution >= 0.6 is 0 Å². The van der Waals surface area contributed by atoms with Crippen molar-refractivity contribution in [3.63, 3.8) is 0 Å². The summed E-state index contributed by atoms with van der Waals surface area (Å²) >= 11 is 0. The van der Waals surface area contributed by atoms with Gasteiger partial charge in [-0.15, -0.1) is 0 Å². The first kappa shape index (κ1) is 18.8. The Kier molecular flexibility index (Phi) is 5.41. The number of rotatable bonds is 6. The summed E-state index contributed by atoms with van der Waals surface area (Å²) in [5, 5.41) is 2.67. The van der Waals surface area contributed by atoms with Crippen molar-refractivity contribution in [3.05, 3.63) is 42.5 Å². The Bertz CT molecular complexity index is 927. The van der Waals surface area contributed by atoms with E-state index in [1.165, 1.54) is 0 Å². The number of hydrogen-bond acceptors (Lipinski definition) is 6. The van der Waals surface area contributed by atoms with Gasteiger partial charge in [-0.2, -0.15) is 0 Å². The van der Waals surface area contributed by atoms with Gasteiger partial charge >= 0.3 is 0 Å². The van der Waals surface area contributed by atoms with Gasteiger partial charge in [0.2, 0.25) is 15.9 Å². The summed E-state index contributed by atoms with van der Waals surface area (Å²) in [7, 11) is -2.14. The molecular formula is C18H20N2O6S. The first-order chi connectivity index (χ1) is 12.9. The highest BCUT2D eigenvalue weighted by Crippen LogP contribution is 2.34. The van der Waals surface area contributed by atoms with Crippen LogP contribution in [-0.4, -0.2) is 47.4 Å². The highest BCUT2D eigenvalue weighted by molar-refractivity contribution is 7.92.